The number of pyridine rings is 1. The highest BCUT2D eigenvalue weighted by Crippen LogP contribution is 2.33. The molecule has 1 fully saturated rings. The summed E-state index contributed by atoms with van der Waals surface area (Å²) in [6.45, 7) is 0.963. The minimum atomic E-state index is -3.17. The summed E-state index contributed by atoms with van der Waals surface area (Å²) in [7, 11) is -3.17. The van der Waals surface area contributed by atoms with Gasteiger partial charge in [-0.1, -0.05) is 6.07 Å². The van der Waals surface area contributed by atoms with Crippen LogP contribution >= 0.6 is 0 Å². The molecule has 2 heterocycles. The molecule has 0 amide bonds. The molecule has 6 nitrogen and oxygen atoms in total. The van der Waals surface area contributed by atoms with Crippen LogP contribution in [0, 0.1) is 5.82 Å². The van der Waals surface area contributed by atoms with Gasteiger partial charge in [-0.3, -0.25) is 4.98 Å². The number of aromatic nitrogens is 1. The summed E-state index contributed by atoms with van der Waals surface area (Å²) >= 11 is 0. The third-order valence-corrected chi connectivity index (χ3v) is 6.62. The third kappa shape index (κ3) is 4.18. The molecule has 1 aliphatic heterocycles. The van der Waals surface area contributed by atoms with Gasteiger partial charge in [0, 0.05) is 42.6 Å². The molecule has 0 saturated carbocycles. The summed E-state index contributed by atoms with van der Waals surface area (Å²) in [5.41, 5.74) is 2.35. The number of nitrogens with one attached hydrogen (secondary N) is 1. The van der Waals surface area contributed by atoms with Crippen LogP contribution in [0.5, 0.6) is 5.75 Å². The minimum absolute atomic E-state index is 0.128. The molecule has 4 rings (SSSR count). The van der Waals surface area contributed by atoms with Crippen LogP contribution in [0.2, 0.25) is 0 Å². The highest BCUT2D eigenvalue weighted by molar-refractivity contribution is 7.88. The molecule has 0 aliphatic carbocycles. The number of hydrogen-bond donors (Lipinski definition) is 2. The lowest BCUT2D eigenvalue weighted by molar-refractivity contribution is 0.332. The van der Waals surface area contributed by atoms with Crippen molar-refractivity contribution >= 4 is 26.5 Å². The van der Waals surface area contributed by atoms with E-state index in [9.17, 15) is 17.9 Å². The number of anilines is 1. The summed E-state index contributed by atoms with van der Waals surface area (Å²) in [5.74, 6) is -1.05. The molecule has 1 aromatic heterocycles. The molecule has 0 bridgehead atoms. The highest BCUT2D eigenvalue weighted by atomic mass is 32.2. The van der Waals surface area contributed by atoms with Gasteiger partial charge < -0.3 is 10.4 Å². The number of rotatable bonds is 4. The lowest BCUT2D eigenvalue weighted by Gasteiger charge is -2.31. The van der Waals surface area contributed by atoms with Crippen molar-refractivity contribution in [2.24, 2.45) is 0 Å². The second-order valence-corrected chi connectivity index (χ2v) is 9.35. The van der Waals surface area contributed by atoms with Gasteiger partial charge in [0.05, 0.1) is 6.26 Å². The largest absolute Gasteiger partial charge is 0.505 e. The number of phenolic OH excluding ortho intramolecular Hbond substituents is 1. The predicted octanol–water partition coefficient (Wildman–Crippen LogP) is 3.58. The van der Waals surface area contributed by atoms with Crippen LogP contribution in [0.3, 0.4) is 0 Å². The lowest BCUT2D eigenvalue weighted by Crippen LogP contribution is -2.41. The molecule has 8 heteroatoms. The molecule has 152 valence electrons. The SMILES string of the molecule is CS(=O)(=O)N1CCC(Nc2cc(-c3ccc(O)c(F)c3)cc3ccncc23)CC1. The van der Waals surface area contributed by atoms with Crippen molar-refractivity contribution in [2.45, 2.75) is 18.9 Å². The van der Waals surface area contributed by atoms with Gasteiger partial charge in [-0.25, -0.2) is 17.1 Å². The first-order valence-electron chi connectivity index (χ1n) is 9.39. The van der Waals surface area contributed by atoms with Crippen LogP contribution in [0.1, 0.15) is 12.8 Å². The zero-order valence-electron chi connectivity index (χ0n) is 16.0. The molecule has 0 atom stereocenters. The van der Waals surface area contributed by atoms with Crippen LogP contribution < -0.4 is 5.32 Å². The van der Waals surface area contributed by atoms with Crippen molar-refractivity contribution in [3.05, 3.63) is 54.6 Å². The van der Waals surface area contributed by atoms with E-state index in [1.54, 1.807) is 18.5 Å². The number of hydrogen-bond acceptors (Lipinski definition) is 5. The molecule has 29 heavy (non-hydrogen) atoms. The zero-order valence-corrected chi connectivity index (χ0v) is 16.8. The number of fused-ring (bicyclic) bond motifs is 1. The Morgan fingerprint density at radius 2 is 1.90 bits per heavy atom. The van der Waals surface area contributed by atoms with E-state index in [1.807, 2.05) is 18.2 Å². The predicted molar refractivity (Wildman–Crippen MR) is 112 cm³/mol. The van der Waals surface area contributed by atoms with Crippen molar-refractivity contribution < 1.29 is 17.9 Å². The number of piperidine rings is 1. The van der Waals surface area contributed by atoms with E-state index >= 15 is 0 Å². The van der Waals surface area contributed by atoms with Gasteiger partial charge in [-0.2, -0.15) is 0 Å². The second kappa shape index (κ2) is 7.61. The number of sulfonamides is 1. The number of benzene rings is 2. The molecule has 3 aromatic rings. The quantitative estimate of drug-likeness (QED) is 0.681. The summed E-state index contributed by atoms with van der Waals surface area (Å²) in [4.78, 5) is 4.22. The molecule has 0 spiro atoms. The van der Waals surface area contributed by atoms with Crippen LogP contribution in [-0.4, -0.2) is 48.2 Å². The smallest absolute Gasteiger partial charge is 0.211 e. The first kappa shape index (κ1) is 19.6. The van der Waals surface area contributed by atoms with E-state index in [2.05, 4.69) is 10.3 Å². The van der Waals surface area contributed by atoms with Gasteiger partial charge >= 0.3 is 0 Å². The fourth-order valence-corrected chi connectivity index (χ4v) is 4.60. The summed E-state index contributed by atoms with van der Waals surface area (Å²) in [5, 5.41) is 14.9. The van der Waals surface area contributed by atoms with Crippen molar-refractivity contribution in [3.63, 3.8) is 0 Å². The van der Waals surface area contributed by atoms with Crippen molar-refractivity contribution in [1.82, 2.24) is 9.29 Å². The van der Waals surface area contributed by atoms with E-state index in [0.29, 0.717) is 31.5 Å². The van der Waals surface area contributed by atoms with Crippen molar-refractivity contribution in [3.8, 4) is 16.9 Å². The average Bonchev–Trinajstić information content (AvgIpc) is 2.70. The van der Waals surface area contributed by atoms with Gasteiger partial charge in [0.15, 0.2) is 11.6 Å². The standard InChI is InChI=1S/C21H22FN3O3S/c1-29(27,28)25-8-5-17(6-9-25)24-20-12-16(10-15-4-7-23-13-18(15)20)14-2-3-21(26)19(22)11-14/h2-4,7,10-13,17,24,26H,5-6,8-9H2,1H3. The van der Waals surface area contributed by atoms with Crippen molar-refractivity contribution in [2.75, 3.05) is 24.7 Å². The maximum Gasteiger partial charge on any atom is 0.211 e. The Bertz CT molecular complexity index is 1160. The normalized spacial score (nSPS) is 16.2. The first-order chi connectivity index (χ1) is 13.8. The number of halogens is 1. The van der Waals surface area contributed by atoms with Crippen LogP contribution in [-0.2, 0) is 10.0 Å². The molecule has 2 aromatic carbocycles. The van der Waals surface area contributed by atoms with E-state index in [0.717, 1.165) is 22.0 Å². The summed E-state index contributed by atoms with van der Waals surface area (Å²) in [6, 6.07) is 10.3. The van der Waals surface area contributed by atoms with Crippen LogP contribution in [0.4, 0.5) is 10.1 Å². The van der Waals surface area contributed by atoms with Gasteiger partial charge in [0.25, 0.3) is 0 Å². The Hall–Kier alpha value is -2.71. The monoisotopic (exact) mass is 415 g/mol. The Labute approximate surface area is 169 Å². The summed E-state index contributed by atoms with van der Waals surface area (Å²) in [6.07, 6.45) is 6.13. The van der Waals surface area contributed by atoms with Crippen LogP contribution in [0.25, 0.3) is 21.9 Å². The third-order valence-electron chi connectivity index (χ3n) is 5.32. The molecular formula is C21H22FN3O3S. The molecule has 2 N–H and O–H groups in total. The molecule has 0 radical (unpaired) electrons. The maximum atomic E-state index is 13.9. The molecular weight excluding hydrogens is 393 g/mol. The van der Waals surface area contributed by atoms with Gasteiger partial charge in [-0.05, 0) is 59.7 Å². The fraction of sp³-hybridized carbons (Fsp3) is 0.286. The zero-order chi connectivity index (χ0) is 20.6. The number of phenols is 1. The molecule has 0 unspecified atom stereocenters. The van der Waals surface area contributed by atoms with Gasteiger partial charge in [0.1, 0.15) is 0 Å². The van der Waals surface area contributed by atoms with E-state index in [4.69, 9.17) is 0 Å². The topological polar surface area (TPSA) is 82.5 Å². The van der Waals surface area contributed by atoms with E-state index < -0.39 is 15.8 Å². The first-order valence-corrected chi connectivity index (χ1v) is 11.2. The summed E-state index contributed by atoms with van der Waals surface area (Å²) < 4.78 is 38.8. The van der Waals surface area contributed by atoms with Gasteiger partial charge in [-0.15, -0.1) is 0 Å². The fourth-order valence-electron chi connectivity index (χ4n) is 3.72. The highest BCUT2D eigenvalue weighted by Gasteiger charge is 2.25. The van der Waals surface area contributed by atoms with Crippen LogP contribution in [0.15, 0.2) is 48.8 Å². The minimum Gasteiger partial charge on any atom is -0.505 e. The van der Waals surface area contributed by atoms with E-state index in [-0.39, 0.29) is 11.8 Å². The van der Waals surface area contributed by atoms with E-state index in [1.165, 1.54) is 22.7 Å². The Kier molecular flexibility index (Phi) is 5.14. The maximum absolute atomic E-state index is 13.9. The van der Waals surface area contributed by atoms with Crippen molar-refractivity contribution in [1.29, 1.82) is 0 Å². The Balaban J connectivity index is 1.66. The average molecular weight is 415 g/mol. The number of nitrogens with zero attached hydrogens (tertiary/aromatic N) is 2. The number of aromatic hydroxyl groups is 1. The molecule has 1 saturated heterocycles. The Morgan fingerprint density at radius 3 is 2.59 bits per heavy atom. The lowest BCUT2D eigenvalue weighted by atomic mass is 9.99. The second-order valence-electron chi connectivity index (χ2n) is 7.37. The van der Waals surface area contributed by atoms with Gasteiger partial charge in [0.2, 0.25) is 10.0 Å². The Morgan fingerprint density at radius 1 is 1.14 bits per heavy atom. The molecule has 1 aliphatic rings.